The number of nitrogens with two attached hydrogens (primary N) is 1. The summed E-state index contributed by atoms with van der Waals surface area (Å²) in [5, 5.41) is 0. The largest absolute Gasteiger partial charge is 0.456 e. The Balaban J connectivity index is 1.00. The Morgan fingerprint density at radius 2 is 1.51 bits per heavy atom. The molecular formula is C45H69N5O5. The molecule has 0 amide bonds. The third-order valence-electron chi connectivity index (χ3n) is 18.1. The summed E-state index contributed by atoms with van der Waals surface area (Å²) in [6.45, 7) is 23.9. The highest BCUT2D eigenvalue weighted by Crippen LogP contribution is 2.78. The van der Waals surface area contributed by atoms with Crippen LogP contribution in [0.15, 0.2) is 12.7 Å². The Labute approximate surface area is 329 Å². The Kier molecular flexibility index (Phi) is 9.53. The average molecular weight is 760 g/mol. The van der Waals surface area contributed by atoms with Gasteiger partial charge in [-0.1, -0.05) is 55.4 Å². The van der Waals surface area contributed by atoms with Gasteiger partial charge >= 0.3 is 11.9 Å². The smallest absolute Gasteiger partial charge is 0.303 e. The van der Waals surface area contributed by atoms with Crippen molar-refractivity contribution in [3.63, 3.8) is 0 Å². The van der Waals surface area contributed by atoms with Crippen molar-refractivity contribution in [2.24, 2.45) is 68.5 Å². The Hall–Kier alpha value is -2.75. The van der Waals surface area contributed by atoms with Crippen LogP contribution < -0.4 is 5.73 Å². The summed E-state index contributed by atoms with van der Waals surface area (Å²) in [7, 11) is 0. The molecule has 0 bridgehead atoms. The first-order valence-corrected chi connectivity index (χ1v) is 21.8. The van der Waals surface area contributed by atoms with E-state index in [2.05, 4.69) is 70.3 Å². The monoisotopic (exact) mass is 760 g/mol. The Morgan fingerprint density at radius 1 is 0.855 bits per heavy atom. The van der Waals surface area contributed by atoms with E-state index < -0.39 is 36.5 Å². The van der Waals surface area contributed by atoms with E-state index >= 15 is 0 Å². The molecule has 5 saturated carbocycles. The maximum atomic E-state index is 12.5. The number of hydrogen-bond donors (Lipinski definition) is 1. The predicted molar refractivity (Wildman–Crippen MR) is 212 cm³/mol. The quantitative estimate of drug-likeness (QED) is 0.274. The average Bonchev–Trinajstić information content (AvgIpc) is 3.77. The van der Waals surface area contributed by atoms with Crippen molar-refractivity contribution < 1.29 is 23.8 Å². The number of fused-ring (bicyclic) bond motifs is 8. The molecule has 0 aromatic carbocycles. The molecule has 1 aliphatic heterocycles. The van der Waals surface area contributed by atoms with Crippen molar-refractivity contribution in [1.82, 2.24) is 19.5 Å². The van der Waals surface area contributed by atoms with Crippen LogP contribution in [0.5, 0.6) is 0 Å². The van der Waals surface area contributed by atoms with Crippen LogP contribution in [0.1, 0.15) is 153 Å². The highest BCUT2D eigenvalue weighted by atomic mass is 16.6. The lowest BCUT2D eigenvalue weighted by atomic mass is 9.31. The minimum Gasteiger partial charge on any atom is -0.456 e. The summed E-state index contributed by atoms with van der Waals surface area (Å²) in [5.41, 5.74) is 9.02. The molecule has 304 valence electrons. The second-order valence-corrected chi connectivity index (χ2v) is 21.3. The lowest BCUT2D eigenvalue weighted by molar-refractivity contribution is -0.245. The molecule has 3 heterocycles. The van der Waals surface area contributed by atoms with Gasteiger partial charge in [0.2, 0.25) is 0 Å². The highest BCUT2D eigenvalue weighted by molar-refractivity contribution is 5.81. The number of nitrogens with zero attached hydrogens (tertiary/aromatic N) is 4. The van der Waals surface area contributed by atoms with Crippen molar-refractivity contribution in [3.8, 4) is 0 Å². The van der Waals surface area contributed by atoms with Crippen LogP contribution in [0.25, 0.3) is 11.2 Å². The highest BCUT2D eigenvalue weighted by Gasteiger charge is 2.70. The van der Waals surface area contributed by atoms with Crippen LogP contribution in [-0.4, -0.2) is 49.8 Å². The van der Waals surface area contributed by atoms with E-state index in [0.717, 1.165) is 36.0 Å². The summed E-state index contributed by atoms with van der Waals surface area (Å²) in [5.74, 6) is 4.45. The van der Waals surface area contributed by atoms with Crippen LogP contribution in [0.3, 0.4) is 0 Å². The van der Waals surface area contributed by atoms with E-state index in [1.165, 1.54) is 84.4 Å². The SMILES string of the molecule is CC(=O)O[C@@H]1[C@H](OC(C)=O)[C@@H](CCC(C)[C@H]2CC[C@]3(C)[C@H]4CC[C@@H]5[C@@]6(C)C[C@H](C)CC(C)(C)[C@@H]6CC[C@@]5(C)[C@]4(C)CC[C@@H]23)O[C@H]1n1cnc2c(N)ncnc21. The van der Waals surface area contributed by atoms with E-state index in [1.807, 2.05) is 0 Å². The molecule has 15 atom stereocenters. The van der Waals surface area contributed by atoms with Crippen LogP contribution in [0, 0.1) is 68.5 Å². The van der Waals surface area contributed by atoms with E-state index in [1.54, 1.807) is 10.9 Å². The van der Waals surface area contributed by atoms with Gasteiger partial charge in [-0.05, 0) is 146 Å². The lowest BCUT2D eigenvalue weighted by Gasteiger charge is -2.73. The van der Waals surface area contributed by atoms with Gasteiger partial charge in [0, 0.05) is 13.8 Å². The van der Waals surface area contributed by atoms with E-state index in [9.17, 15) is 9.59 Å². The van der Waals surface area contributed by atoms with Gasteiger partial charge < -0.3 is 19.9 Å². The van der Waals surface area contributed by atoms with Crippen LogP contribution in [0.4, 0.5) is 5.82 Å². The molecule has 6 fully saturated rings. The third-order valence-corrected chi connectivity index (χ3v) is 18.1. The summed E-state index contributed by atoms with van der Waals surface area (Å²) in [6, 6.07) is 0. The number of imidazole rings is 1. The second kappa shape index (κ2) is 13.4. The summed E-state index contributed by atoms with van der Waals surface area (Å²) in [6.07, 6.45) is 15.4. The predicted octanol–water partition coefficient (Wildman–Crippen LogP) is 9.32. The molecule has 0 radical (unpaired) electrons. The minimum atomic E-state index is -0.863. The summed E-state index contributed by atoms with van der Waals surface area (Å²) >= 11 is 0. The molecule has 10 heteroatoms. The summed E-state index contributed by atoms with van der Waals surface area (Å²) < 4.78 is 20.2. The van der Waals surface area contributed by atoms with Crippen molar-refractivity contribution in [2.45, 2.75) is 171 Å². The van der Waals surface area contributed by atoms with Crippen LogP contribution >= 0.6 is 0 Å². The van der Waals surface area contributed by atoms with Gasteiger partial charge in [0.25, 0.3) is 0 Å². The van der Waals surface area contributed by atoms with Gasteiger partial charge in [-0.2, -0.15) is 0 Å². The number of esters is 2. The molecular weight excluding hydrogens is 691 g/mol. The molecule has 0 spiro atoms. The number of nitrogen functional groups attached to an aromatic ring is 1. The molecule has 6 aliphatic rings. The van der Waals surface area contributed by atoms with Crippen LogP contribution in [-0.2, 0) is 23.8 Å². The van der Waals surface area contributed by atoms with Gasteiger partial charge in [-0.3, -0.25) is 14.2 Å². The molecule has 55 heavy (non-hydrogen) atoms. The molecule has 1 saturated heterocycles. The number of aromatic nitrogens is 4. The number of ether oxygens (including phenoxy) is 3. The van der Waals surface area contributed by atoms with Gasteiger partial charge in [0.05, 0.1) is 6.33 Å². The summed E-state index contributed by atoms with van der Waals surface area (Å²) in [4.78, 5) is 37.8. The first-order valence-electron chi connectivity index (χ1n) is 21.8. The van der Waals surface area contributed by atoms with Crippen molar-refractivity contribution in [1.29, 1.82) is 0 Å². The zero-order chi connectivity index (χ0) is 39.5. The topological polar surface area (TPSA) is 131 Å². The van der Waals surface area contributed by atoms with Crippen molar-refractivity contribution >= 4 is 28.9 Å². The number of rotatable bonds is 7. The first-order chi connectivity index (χ1) is 25.8. The molecule has 2 N–H and O–H groups in total. The van der Waals surface area contributed by atoms with E-state index in [0.29, 0.717) is 56.5 Å². The fourth-order valence-corrected chi connectivity index (χ4v) is 16.2. The molecule has 1 unspecified atom stereocenters. The lowest BCUT2D eigenvalue weighted by Crippen LogP contribution is -2.66. The minimum absolute atomic E-state index is 0.256. The molecule has 2 aromatic heterocycles. The molecule has 2 aromatic rings. The van der Waals surface area contributed by atoms with E-state index in [4.69, 9.17) is 19.9 Å². The number of carbonyl (C=O) groups excluding carboxylic acids is 2. The van der Waals surface area contributed by atoms with Gasteiger partial charge in [0.15, 0.2) is 29.9 Å². The van der Waals surface area contributed by atoms with Crippen molar-refractivity contribution in [2.75, 3.05) is 5.73 Å². The first kappa shape index (κ1) is 39.1. The molecule has 10 nitrogen and oxygen atoms in total. The van der Waals surface area contributed by atoms with Gasteiger partial charge in [-0.15, -0.1) is 0 Å². The van der Waals surface area contributed by atoms with E-state index in [-0.39, 0.29) is 5.82 Å². The number of carbonyl (C=O) groups is 2. The van der Waals surface area contributed by atoms with Crippen molar-refractivity contribution in [3.05, 3.63) is 12.7 Å². The van der Waals surface area contributed by atoms with Gasteiger partial charge in [0.1, 0.15) is 17.9 Å². The fraction of sp³-hybridized carbons (Fsp3) is 0.844. The Morgan fingerprint density at radius 3 is 2.20 bits per heavy atom. The zero-order valence-electron chi connectivity index (χ0n) is 35.4. The second-order valence-electron chi connectivity index (χ2n) is 21.3. The third kappa shape index (κ3) is 5.89. The molecule has 8 rings (SSSR count). The standard InChI is InChI=1S/C45H69N5O5/c1-25-21-41(5,6)32-17-20-45(10)34(43(32,8)22-25)14-13-33-42(7)18-15-29(30(42)16-19-44(33,45)9)26(2)11-12-31-36(53-27(3)51)37(54-28(4)52)40(55-31)50-24-49-35-38(46)47-23-48-39(35)50/h23-26,29-34,36-37,40H,11-22H2,1-10H3,(H2,46,47,48)/t25-,26?,29-,30+,31-,32+,33-,34-,36-,37-,40-,42+,43+,44-,45-/m1/s1. The maximum absolute atomic E-state index is 12.5. The number of hydrogen-bond acceptors (Lipinski definition) is 9. The molecule has 5 aliphatic carbocycles. The Bertz CT molecular complexity index is 1810. The fourth-order valence-electron chi connectivity index (χ4n) is 16.2. The van der Waals surface area contributed by atoms with Crippen LogP contribution in [0.2, 0.25) is 0 Å². The zero-order valence-corrected chi connectivity index (χ0v) is 35.4. The number of anilines is 1. The van der Waals surface area contributed by atoms with Gasteiger partial charge in [-0.25, -0.2) is 15.0 Å². The maximum Gasteiger partial charge on any atom is 0.303 e. The normalized spacial score (nSPS) is 45.2.